The van der Waals surface area contributed by atoms with E-state index in [4.69, 9.17) is 0 Å². The average Bonchev–Trinajstić information content (AvgIpc) is 2.81. The van der Waals surface area contributed by atoms with Gasteiger partial charge in [-0.1, -0.05) is 26.3 Å². The number of likely N-dealkylation sites (N-methyl/N-ethyl adjacent to an activating group) is 1. The fourth-order valence-corrected chi connectivity index (χ4v) is 4.69. The van der Waals surface area contributed by atoms with Gasteiger partial charge in [0, 0.05) is 41.8 Å². The standard InChI is InChI=1S/C28H37BN2O/c1-7-10-21(8-2)25-17-24(18-29)31(9-3)27-14-12-22(16-26(25)27)28(32)30(6)23-13-11-19(4)20(5)15-23/h11-18,21H,7-10,29H2,1-6H3/b24-18+. The Morgan fingerprint density at radius 2 is 1.84 bits per heavy atom. The second kappa shape index (κ2) is 10.2. The summed E-state index contributed by atoms with van der Waals surface area (Å²) in [4.78, 5) is 17.6. The first-order valence-corrected chi connectivity index (χ1v) is 12.0. The Morgan fingerprint density at radius 1 is 1.09 bits per heavy atom. The van der Waals surface area contributed by atoms with Crippen molar-refractivity contribution in [3.8, 4) is 0 Å². The predicted molar refractivity (Wildman–Crippen MR) is 141 cm³/mol. The molecule has 1 heterocycles. The first-order valence-electron chi connectivity index (χ1n) is 12.0. The van der Waals surface area contributed by atoms with Gasteiger partial charge in [-0.2, -0.15) is 0 Å². The second-order valence-corrected chi connectivity index (χ2v) is 8.82. The molecule has 0 aliphatic carbocycles. The lowest BCUT2D eigenvalue weighted by atomic mass is 9.82. The highest BCUT2D eigenvalue weighted by Gasteiger charge is 2.27. The van der Waals surface area contributed by atoms with Crippen LogP contribution in [0, 0.1) is 19.8 Å². The molecule has 0 saturated heterocycles. The monoisotopic (exact) mass is 428 g/mol. The molecule has 1 amide bonds. The van der Waals surface area contributed by atoms with Gasteiger partial charge in [-0.15, -0.1) is 5.98 Å². The van der Waals surface area contributed by atoms with Crippen molar-refractivity contribution in [2.45, 2.75) is 53.9 Å². The number of carbonyl (C=O) groups is 1. The van der Waals surface area contributed by atoms with E-state index in [2.05, 4.69) is 83.7 Å². The van der Waals surface area contributed by atoms with Gasteiger partial charge in [0.2, 0.25) is 0 Å². The molecule has 0 N–H and O–H groups in total. The Morgan fingerprint density at radius 3 is 2.44 bits per heavy atom. The molecule has 1 aliphatic heterocycles. The van der Waals surface area contributed by atoms with Gasteiger partial charge in [0.1, 0.15) is 7.85 Å². The van der Waals surface area contributed by atoms with Crippen LogP contribution in [0.25, 0.3) is 5.57 Å². The number of hydrogen-bond acceptors (Lipinski definition) is 2. The Labute approximate surface area is 195 Å². The molecule has 168 valence electrons. The highest BCUT2D eigenvalue weighted by molar-refractivity contribution is 6.18. The zero-order chi connectivity index (χ0) is 23.4. The van der Waals surface area contributed by atoms with Crippen molar-refractivity contribution >= 4 is 30.7 Å². The Kier molecular flexibility index (Phi) is 7.66. The van der Waals surface area contributed by atoms with E-state index < -0.39 is 0 Å². The van der Waals surface area contributed by atoms with E-state index in [0.29, 0.717) is 5.92 Å². The summed E-state index contributed by atoms with van der Waals surface area (Å²) in [6.07, 6.45) is 5.76. The summed E-state index contributed by atoms with van der Waals surface area (Å²) in [6, 6.07) is 12.4. The molecule has 3 rings (SSSR count). The van der Waals surface area contributed by atoms with Crippen molar-refractivity contribution in [1.29, 1.82) is 0 Å². The van der Waals surface area contributed by atoms with Gasteiger partial charge < -0.3 is 9.80 Å². The molecular formula is C28H37BN2O. The molecule has 0 radical (unpaired) electrons. The number of fused-ring (bicyclic) bond motifs is 1. The van der Waals surface area contributed by atoms with E-state index >= 15 is 0 Å². The molecule has 0 spiro atoms. The van der Waals surface area contributed by atoms with Crippen molar-refractivity contribution in [1.82, 2.24) is 0 Å². The minimum atomic E-state index is 0.0267. The van der Waals surface area contributed by atoms with Crippen LogP contribution in [0.4, 0.5) is 11.4 Å². The summed E-state index contributed by atoms with van der Waals surface area (Å²) < 4.78 is 0. The number of rotatable bonds is 7. The maximum absolute atomic E-state index is 13.5. The lowest BCUT2D eigenvalue weighted by molar-refractivity contribution is 0.0993. The normalized spacial score (nSPS) is 15.4. The van der Waals surface area contributed by atoms with Crippen molar-refractivity contribution in [3.05, 3.63) is 76.4 Å². The summed E-state index contributed by atoms with van der Waals surface area (Å²) in [6.45, 7) is 11.8. The van der Waals surface area contributed by atoms with Gasteiger partial charge in [0.05, 0.1) is 0 Å². The van der Waals surface area contributed by atoms with Crippen LogP contribution in [0.1, 0.15) is 67.1 Å². The second-order valence-electron chi connectivity index (χ2n) is 8.82. The lowest BCUT2D eigenvalue weighted by Crippen LogP contribution is -2.29. The number of carbonyl (C=O) groups excluding carboxylic acids is 1. The summed E-state index contributed by atoms with van der Waals surface area (Å²) >= 11 is 0. The van der Waals surface area contributed by atoms with Gasteiger partial charge in [0.15, 0.2) is 0 Å². The number of hydrogen-bond donors (Lipinski definition) is 0. The smallest absolute Gasteiger partial charge is 0.258 e. The molecule has 1 atom stereocenters. The molecule has 0 aromatic heterocycles. The van der Waals surface area contributed by atoms with Crippen LogP contribution < -0.4 is 9.80 Å². The Bertz CT molecular complexity index is 1050. The maximum Gasteiger partial charge on any atom is 0.258 e. The molecule has 0 fully saturated rings. The molecule has 1 unspecified atom stereocenters. The molecule has 4 heteroatoms. The maximum atomic E-state index is 13.5. The number of nitrogens with zero attached hydrogens (tertiary/aromatic N) is 2. The van der Waals surface area contributed by atoms with Gasteiger partial charge in [-0.05, 0) is 92.6 Å². The van der Waals surface area contributed by atoms with Gasteiger partial charge in [-0.25, -0.2) is 0 Å². The van der Waals surface area contributed by atoms with Crippen molar-refractivity contribution < 1.29 is 4.79 Å². The van der Waals surface area contributed by atoms with Gasteiger partial charge in [0.25, 0.3) is 5.91 Å². The summed E-state index contributed by atoms with van der Waals surface area (Å²) in [5.41, 5.74) is 9.12. The quantitative estimate of drug-likeness (QED) is 0.497. The van der Waals surface area contributed by atoms with Crippen molar-refractivity contribution in [3.63, 3.8) is 0 Å². The highest BCUT2D eigenvalue weighted by atomic mass is 16.2. The van der Waals surface area contributed by atoms with Crippen LogP contribution >= 0.6 is 0 Å². The molecular weight excluding hydrogens is 391 g/mol. The fourth-order valence-electron chi connectivity index (χ4n) is 4.69. The first kappa shape index (κ1) is 23.9. The Hall–Kier alpha value is -2.75. The number of aryl methyl sites for hydroxylation is 2. The largest absolute Gasteiger partial charge is 0.342 e. The number of amides is 1. The zero-order valence-corrected chi connectivity index (χ0v) is 20.8. The molecule has 2 aromatic rings. The minimum Gasteiger partial charge on any atom is -0.342 e. The highest BCUT2D eigenvalue weighted by Crippen LogP contribution is 2.42. The molecule has 32 heavy (non-hydrogen) atoms. The molecule has 0 saturated carbocycles. The fraction of sp³-hybridized carbons (Fsp3) is 0.393. The van der Waals surface area contributed by atoms with Crippen LogP contribution in [0.2, 0.25) is 0 Å². The SMILES string of the molecule is B/C=C1\C=C(C(CC)CCC)c2cc(C(=O)N(C)c3ccc(C)c(C)c3)ccc2N1CC. The lowest BCUT2D eigenvalue weighted by Gasteiger charge is -2.35. The summed E-state index contributed by atoms with van der Waals surface area (Å²) in [5.74, 6) is 2.71. The van der Waals surface area contributed by atoms with Crippen LogP contribution in [0.5, 0.6) is 0 Å². The third kappa shape index (κ3) is 4.55. The third-order valence-corrected chi connectivity index (χ3v) is 6.82. The predicted octanol–water partition coefficient (Wildman–Crippen LogP) is 6.10. The van der Waals surface area contributed by atoms with Crippen LogP contribution in [0.3, 0.4) is 0 Å². The molecule has 0 bridgehead atoms. The summed E-state index contributed by atoms with van der Waals surface area (Å²) in [7, 11) is 3.97. The van der Waals surface area contributed by atoms with Gasteiger partial charge in [-0.3, -0.25) is 4.79 Å². The van der Waals surface area contributed by atoms with Crippen molar-refractivity contribution in [2.75, 3.05) is 23.4 Å². The first-order chi connectivity index (χ1) is 15.4. The van der Waals surface area contributed by atoms with E-state index in [1.54, 1.807) is 4.90 Å². The zero-order valence-electron chi connectivity index (χ0n) is 20.8. The average molecular weight is 428 g/mol. The minimum absolute atomic E-state index is 0.0267. The van der Waals surface area contributed by atoms with E-state index in [0.717, 1.165) is 37.1 Å². The third-order valence-electron chi connectivity index (χ3n) is 6.82. The van der Waals surface area contributed by atoms with Crippen LogP contribution in [0.15, 0.2) is 54.1 Å². The molecule has 2 aromatic carbocycles. The molecule has 1 aliphatic rings. The van der Waals surface area contributed by atoms with E-state index in [1.165, 1.54) is 33.6 Å². The van der Waals surface area contributed by atoms with Crippen molar-refractivity contribution in [2.24, 2.45) is 5.92 Å². The topological polar surface area (TPSA) is 23.6 Å². The number of anilines is 2. The van der Waals surface area contributed by atoms with E-state index in [9.17, 15) is 4.79 Å². The van der Waals surface area contributed by atoms with Crippen LogP contribution in [-0.2, 0) is 0 Å². The van der Waals surface area contributed by atoms with Crippen LogP contribution in [-0.4, -0.2) is 27.3 Å². The number of allylic oxidation sites excluding steroid dienone is 2. The molecule has 3 nitrogen and oxygen atoms in total. The Balaban J connectivity index is 2.06. The van der Waals surface area contributed by atoms with E-state index in [1.807, 2.05) is 19.2 Å². The number of benzene rings is 2. The van der Waals surface area contributed by atoms with E-state index in [-0.39, 0.29) is 5.91 Å². The van der Waals surface area contributed by atoms with Gasteiger partial charge >= 0.3 is 0 Å². The summed E-state index contributed by atoms with van der Waals surface area (Å²) in [5, 5.41) is 0.